The average Bonchev–Trinajstić information content (AvgIpc) is 3.48. The van der Waals surface area contributed by atoms with Crippen molar-refractivity contribution in [2.24, 2.45) is 0 Å². The Morgan fingerprint density at radius 1 is 0.458 bits per heavy atom. The molecule has 1 heterocycles. The molecule has 2 heteroatoms. The van der Waals surface area contributed by atoms with Crippen LogP contribution in [-0.2, 0) is 0 Å². The van der Waals surface area contributed by atoms with Crippen molar-refractivity contribution in [1.82, 2.24) is 4.57 Å². The number of nitrogens with zero attached hydrogens (tertiary/aromatic N) is 2. The van der Waals surface area contributed by atoms with Crippen LogP contribution in [0.4, 0.5) is 11.4 Å². The lowest BCUT2D eigenvalue weighted by Crippen LogP contribution is -2.16. The predicted octanol–water partition coefficient (Wildman–Crippen LogP) is 12.6. The molecular weight excluding hydrogens is 581 g/mol. The second-order valence-electron chi connectivity index (χ2n) is 12.5. The van der Waals surface area contributed by atoms with Gasteiger partial charge in [-0.25, -0.2) is 0 Å². The molecule has 0 saturated heterocycles. The average molecular weight is 615 g/mol. The topological polar surface area (TPSA) is 8.17 Å². The van der Waals surface area contributed by atoms with E-state index in [9.17, 15) is 0 Å². The van der Waals surface area contributed by atoms with Gasteiger partial charge < -0.3 is 9.47 Å². The third-order valence-corrected chi connectivity index (χ3v) is 9.59. The van der Waals surface area contributed by atoms with Crippen LogP contribution in [0, 0.1) is 0 Å². The van der Waals surface area contributed by atoms with Gasteiger partial charge in [-0.3, -0.25) is 0 Å². The SMILES string of the molecule is C1=CC(N(c2ccc(-c3ccccc3-c3ccccc3)cc2)c2ccc(-n3c4ccccc4c4cc5ccccc5cc43)cc2)=CCC1. The van der Waals surface area contributed by atoms with Gasteiger partial charge in [0, 0.05) is 33.5 Å². The van der Waals surface area contributed by atoms with Crippen LogP contribution in [0.15, 0.2) is 188 Å². The lowest BCUT2D eigenvalue weighted by atomic mass is 9.94. The molecule has 0 N–H and O–H groups in total. The molecule has 228 valence electrons. The Labute approximate surface area is 281 Å². The van der Waals surface area contributed by atoms with Crippen LogP contribution in [0.2, 0.25) is 0 Å². The molecule has 1 aromatic heterocycles. The van der Waals surface area contributed by atoms with E-state index in [2.05, 4.69) is 191 Å². The van der Waals surface area contributed by atoms with Crippen molar-refractivity contribution in [2.45, 2.75) is 12.8 Å². The molecule has 0 amide bonds. The first-order chi connectivity index (χ1) is 23.8. The number of fused-ring (bicyclic) bond motifs is 4. The van der Waals surface area contributed by atoms with Crippen LogP contribution in [0.3, 0.4) is 0 Å². The molecule has 0 atom stereocenters. The Hall–Kier alpha value is -6.12. The number of aromatic nitrogens is 1. The Kier molecular flexibility index (Phi) is 6.98. The van der Waals surface area contributed by atoms with Crippen molar-refractivity contribution in [1.29, 1.82) is 0 Å². The molecule has 0 aliphatic heterocycles. The molecule has 0 unspecified atom stereocenters. The van der Waals surface area contributed by atoms with E-state index in [-0.39, 0.29) is 0 Å². The van der Waals surface area contributed by atoms with Crippen LogP contribution in [0.1, 0.15) is 12.8 Å². The van der Waals surface area contributed by atoms with Gasteiger partial charge in [0.15, 0.2) is 0 Å². The van der Waals surface area contributed by atoms with Crippen molar-refractivity contribution < 1.29 is 0 Å². The fraction of sp³-hybridized carbons (Fsp3) is 0.0435. The molecule has 0 spiro atoms. The molecule has 2 nitrogen and oxygen atoms in total. The normalized spacial score (nSPS) is 12.9. The summed E-state index contributed by atoms with van der Waals surface area (Å²) in [6.07, 6.45) is 9.01. The van der Waals surface area contributed by atoms with E-state index < -0.39 is 0 Å². The number of allylic oxidation sites excluding steroid dienone is 3. The number of hydrogen-bond donors (Lipinski definition) is 0. The van der Waals surface area contributed by atoms with Crippen molar-refractivity contribution in [3.8, 4) is 27.9 Å². The minimum atomic E-state index is 1.04. The summed E-state index contributed by atoms with van der Waals surface area (Å²) >= 11 is 0. The first kappa shape index (κ1) is 28.1. The van der Waals surface area contributed by atoms with Crippen LogP contribution in [0.25, 0.3) is 60.5 Å². The first-order valence-electron chi connectivity index (χ1n) is 16.8. The molecule has 7 aromatic carbocycles. The molecular formula is C46H34N2. The molecule has 48 heavy (non-hydrogen) atoms. The minimum Gasteiger partial charge on any atom is -0.311 e. The second-order valence-corrected chi connectivity index (χ2v) is 12.5. The third kappa shape index (κ3) is 4.90. The van der Waals surface area contributed by atoms with E-state index in [0.717, 1.165) is 29.9 Å². The molecule has 0 bridgehead atoms. The van der Waals surface area contributed by atoms with E-state index >= 15 is 0 Å². The van der Waals surface area contributed by atoms with Crippen molar-refractivity contribution in [3.63, 3.8) is 0 Å². The molecule has 0 fully saturated rings. The zero-order valence-corrected chi connectivity index (χ0v) is 26.6. The van der Waals surface area contributed by atoms with Crippen molar-refractivity contribution in [2.75, 3.05) is 4.90 Å². The lowest BCUT2D eigenvalue weighted by molar-refractivity contribution is 0.997. The largest absolute Gasteiger partial charge is 0.311 e. The van der Waals surface area contributed by atoms with Crippen LogP contribution in [0.5, 0.6) is 0 Å². The van der Waals surface area contributed by atoms with Crippen LogP contribution >= 0.6 is 0 Å². The zero-order valence-electron chi connectivity index (χ0n) is 26.6. The molecule has 9 rings (SSSR count). The number of benzene rings is 7. The maximum Gasteiger partial charge on any atom is 0.0547 e. The Morgan fingerprint density at radius 2 is 1.06 bits per heavy atom. The molecule has 1 aliphatic rings. The smallest absolute Gasteiger partial charge is 0.0547 e. The monoisotopic (exact) mass is 614 g/mol. The summed E-state index contributed by atoms with van der Waals surface area (Å²) in [4.78, 5) is 2.38. The van der Waals surface area contributed by atoms with Gasteiger partial charge in [0.2, 0.25) is 0 Å². The highest BCUT2D eigenvalue weighted by Crippen LogP contribution is 2.38. The molecule has 0 saturated carbocycles. The lowest BCUT2D eigenvalue weighted by Gasteiger charge is -2.28. The standard InChI is InChI=1S/C46H34N2/c1-3-13-33(14-4-1)41-19-9-10-20-42(41)34-23-25-38(26-24-34)47(37-17-5-2-6-18-37)39-27-29-40(30-28-39)48-45-22-12-11-21-43(45)44-31-35-15-7-8-16-36(35)32-46(44)48/h1,3-5,7-32H,2,6H2. The van der Waals surface area contributed by atoms with Gasteiger partial charge in [-0.2, -0.15) is 0 Å². The fourth-order valence-corrected chi connectivity index (χ4v) is 7.29. The predicted molar refractivity (Wildman–Crippen MR) is 204 cm³/mol. The van der Waals surface area contributed by atoms with E-state index in [0.29, 0.717) is 0 Å². The summed E-state index contributed by atoms with van der Waals surface area (Å²) in [5, 5.41) is 5.07. The van der Waals surface area contributed by atoms with Crippen LogP contribution < -0.4 is 4.90 Å². The summed E-state index contributed by atoms with van der Waals surface area (Å²) in [6.45, 7) is 0. The molecule has 8 aromatic rings. The minimum absolute atomic E-state index is 1.04. The van der Waals surface area contributed by atoms with Gasteiger partial charge in [0.25, 0.3) is 0 Å². The first-order valence-corrected chi connectivity index (χ1v) is 16.8. The van der Waals surface area contributed by atoms with E-state index in [1.54, 1.807) is 0 Å². The van der Waals surface area contributed by atoms with Crippen LogP contribution in [-0.4, -0.2) is 4.57 Å². The Balaban J connectivity index is 1.12. The quantitative estimate of drug-likeness (QED) is 0.181. The second kappa shape index (κ2) is 11.9. The van der Waals surface area contributed by atoms with Gasteiger partial charge in [-0.05, 0) is 107 Å². The van der Waals surface area contributed by atoms with E-state index in [1.807, 2.05) is 0 Å². The van der Waals surface area contributed by atoms with Gasteiger partial charge >= 0.3 is 0 Å². The zero-order chi connectivity index (χ0) is 31.9. The summed E-state index contributed by atoms with van der Waals surface area (Å²) in [7, 11) is 0. The summed E-state index contributed by atoms with van der Waals surface area (Å²) in [6, 6.07) is 59.5. The number of rotatable bonds is 6. The highest BCUT2D eigenvalue weighted by molar-refractivity contribution is 6.13. The van der Waals surface area contributed by atoms with E-state index in [4.69, 9.17) is 0 Å². The Morgan fingerprint density at radius 3 is 1.77 bits per heavy atom. The highest BCUT2D eigenvalue weighted by atomic mass is 15.1. The van der Waals surface area contributed by atoms with Gasteiger partial charge in [0.1, 0.15) is 0 Å². The maximum absolute atomic E-state index is 2.41. The number of para-hydroxylation sites is 1. The summed E-state index contributed by atoms with van der Waals surface area (Å²) < 4.78 is 2.41. The van der Waals surface area contributed by atoms with E-state index in [1.165, 1.54) is 60.5 Å². The van der Waals surface area contributed by atoms with Crippen molar-refractivity contribution in [3.05, 3.63) is 188 Å². The highest BCUT2D eigenvalue weighted by Gasteiger charge is 2.17. The summed E-state index contributed by atoms with van der Waals surface area (Å²) in [5.74, 6) is 0. The molecule has 1 aliphatic carbocycles. The van der Waals surface area contributed by atoms with Gasteiger partial charge in [-0.15, -0.1) is 0 Å². The third-order valence-electron chi connectivity index (χ3n) is 9.59. The molecule has 0 radical (unpaired) electrons. The van der Waals surface area contributed by atoms with Crippen molar-refractivity contribution >= 4 is 44.0 Å². The maximum atomic E-state index is 2.41. The Bertz CT molecular complexity index is 2480. The fourth-order valence-electron chi connectivity index (χ4n) is 7.29. The number of hydrogen-bond acceptors (Lipinski definition) is 1. The summed E-state index contributed by atoms with van der Waals surface area (Å²) in [5.41, 5.74) is 12.0. The number of anilines is 2. The van der Waals surface area contributed by atoms with Gasteiger partial charge in [-0.1, -0.05) is 121 Å². The van der Waals surface area contributed by atoms with Gasteiger partial charge in [0.05, 0.1) is 11.0 Å².